The van der Waals surface area contributed by atoms with Crippen molar-refractivity contribution < 1.29 is 24.3 Å². The predicted octanol–water partition coefficient (Wildman–Crippen LogP) is 3.51. The van der Waals surface area contributed by atoms with Crippen molar-refractivity contribution in [2.75, 3.05) is 13.7 Å². The molecule has 0 radical (unpaired) electrons. The van der Waals surface area contributed by atoms with Gasteiger partial charge < -0.3 is 14.6 Å². The molecule has 0 atom stereocenters. The number of hydrazone groups is 1. The number of amides is 1. The number of hydrogen-bond acceptors (Lipinski definition) is 7. The number of phenolic OH excluding ortho intramolecular Hbond substituents is 1. The van der Waals surface area contributed by atoms with Crippen LogP contribution in [0.25, 0.3) is 11.1 Å². The number of benzene rings is 3. The zero-order chi connectivity index (χ0) is 22.2. The summed E-state index contributed by atoms with van der Waals surface area (Å²) >= 11 is 0. The Balaban J connectivity index is 1.57. The summed E-state index contributed by atoms with van der Waals surface area (Å²) in [5.41, 5.74) is 3.92. The van der Waals surface area contributed by atoms with Crippen LogP contribution in [-0.2, 0) is 4.79 Å². The molecule has 1 amide bonds. The Morgan fingerprint density at radius 3 is 2.42 bits per heavy atom. The van der Waals surface area contributed by atoms with Gasteiger partial charge in [0.05, 0.1) is 23.8 Å². The lowest BCUT2D eigenvalue weighted by Gasteiger charge is -2.07. The van der Waals surface area contributed by atoms with Gasteiger partial charge in [-0.05, 0) is 35.4 Å². The summed E-state index contributed by atoms with van der Waals surface area (Å²) in [5, 5.41) is 24.7. The van der Waals surface area contributed by atoms with Crippen molar-refractivity contribution in [3.63, 3.8) is 0 Å². The van der Waals surface area contributed by atoms with Crippen LogP contribution in [-0.4, -0.2) is 35.9 Å². The quantitative estimate of drug-likeness (QED) is 0.326. The van der Waals surface area contributed by atoms with E-state index in [9.17, 15) is 20.0 Å². The number of nitrogens with zero attached hydrogens (tertiary/aromatic N) is 2. The minimum Gasteiger partial charge on any atom is -0.504 e. The fourth-order valence-corrected chi connectivity index (χ4v) is 2.80. The standard InChI is InChI=1S/C22H19N3O6/c1-30-22-19(26)12-9-17(21(22)25(28)29)13-23-24-20(27)14-31-18-10-7-16(8-11-18)15-5-3-2-4-6-15/h2-13,26H,14H2,1H3,(H,24,27)/b23-13+. The van der Waals surface area contributed by atoms with E-state index in [0.717, 1.165) is 17.3 Å². The van der Waals surface area contributed by atoms with Crippen LogP contribution in [0, 0.1) is 10.1 Å². The van der Waals surface area contributed by atoms with Gasteiger partial charge in [-0.3, -0.25) is 14.9 Å². The number of rotatable bonds is 8. The van der Waals surface area contributed by atoms with Gasteiger partial charge in [-0.25, -0.2) is 5.43 Å². The number of nitro groups is 1. The van der Waals surface area contributed by atoms with Crippen LogP contribution >= 0.6 is 0 Å². The molecular formula is C22H19N3O6. The van der Waals surface area contributed by atoms with Crippen LogP contribution in [0.4, 0.5) is 5.69 Å². The summed E-state index contributed by atoms with van der Waals surface area (Å²) in [4.78, 5) is 22.5. The summed E-state index contributed by atoms with van der Waals surface area (Å²) in [6.07, 6.45) is 1.09. The molecule has 9 heteroatoms. The molecule has 0 bridgehead atoms. The summed E-state index contributed by atoms with van der Waals surface area (Å²) in [6, 6.07) is 19.6. The Morgan fingerprint density at radius 2 is 1.77 bits per heavy atom. The summed E-state index contributed by atoms with van der Waals surface area (Å²) < 4.78 is 10.3. The number of methoxy groups -OCH3 is 1. The van der Waals surface area contributed by atoms with Crippen molar-refractivity contribution in [3.8, 4) is 28.4 Å². The lowest BCUT2D eigenvalue weighted by Crippen LogP contribution is -2.24. The first kappa shape index (κ1) is 21.3. The molecule has 0 aliphatic heterocycles. The number of hydrogen-bond donors (Lipinski definition) is 2. The molecule has 0 aromatic heterocycles. The Hall–Kier alpha value is -4.40. The largest absolute Gasteiger partial charge is 0.504 e. The van der Waals surface area contributed by atoms with Crippen molar-refractivity contribution in [2.24, 2.45) is 5.10 Å². The second-order valence-electron chi connectivity index (χ2n) is 6.29. The van der Waals surface area contributed by atoms with Crippen molar-refractivity contribution in [3.05, 3.63) is 82.4 Å². The molecule has 0 saturated heterocycles. The molecule has 0 fully saturated rings. The number of nitro benzene ring substituents is 1. The zero-order valence-electron chi connectivity index (χ0n) is 16.5. The van der Waals surface area contributed by atoms with Gasteiger partial charge in [0.1, 0.15) is 5.75 Å². The molecular weight excluding hydrogens is 402 g/mol. The Labute approximate surface area is 177 Å². The molecule has 158 valence electrons. The number of phenols is 1. The highest BCUT2D eigenvalue weighted by molar-refractivity contribution is 5.89. The Morgan fingerprint density at radius 1 is 1.10 bits per heavy atom. The van der Waals surface area contributed by atoms with E-state index in [1.807, 2.05) is 42.5 Å². The molecule has 3 aromatic rings. The van der Waals surface area contributed by atoms with Gasteiger partial charge in [0.15, 0.2) is 12.4 Å². The lowest BCUT2D eigenvalue weighted by atomic mass is 10.1. The summed E-state index contributed by atoms with van der Waals surface area (Å²) in [5.74, 6) is -0.695. The fraction of sp³-hybridized carbons (Fsp3) is 0.0909. The number of aromatic hydroxyl groups is 1. The molecule has 0 saturated carbocycles. The maximum absolute atomic E-state index is 11.9. The van der Waals surface area contributed by atoms with E-state index >= 15 is 0 Å². The third-order valence-electron chi connectivity index (χ3n) is 4.25. The highest BCUT2D eigenvalue weighted by atomic mass is 16.6. The van der Waals surface area contributed by atoms with Crippen LogP contribution in [0.15, 0.2) is 71.8 Å². The van der Waals surface area contributed by atoms with Gasteiger partial charge >= 0.3 is 5.69 Å². The Kier molecular flexibility index (Phi) is 6.79. The van der Waals surface area contributed by atoms with Crippen molar-refractivity contribution in [1.29, 1.82) is 0 Å². The van der Waals surface area contributed by atoms with Crippen LogP contribution in [0.2, 0.25) is 0 Å². The first-order chi connectivity index (χ1) is 15.0. The first-order valence-corrected chi connectivity index (χ1v) is 9.14. The molecule has 3 aromatic carbocycles. The molecule has 31 heavy (non-hydrogen) atoms. The van der Waals surface area contributed by atoms with Crippen LogP contribution in [0.5, 0.6) is 17.2 Å². The second kappa shape index (κ2) is 9.88. The maximum atomic E-state index is 11.9. The number of carbonyl (C=O) groups excluding carboxylic acids is 1. The van der Waals surface area contributed by atoms with Gasteiger partial charge in [0, 0.05) is 0 Å². The van der Waals surface area contributed by atoms with E-state index < -0.39 is 16.5 Å². The van der Waals surface area contributed by atoms with Crippen molar-refractivity contribution in [1.82, 2.24) is 5.43 Å². The third-order valence-corrected chi connectivity index (χ3v) is 4.25. The van der Waals surface area contributed by atoms with Crippen LogP contribution in [0.1, 0.15) is 5.56 Å². The number of ether oxygens (including phenoxy) is 2. The average Bonchev–Trinajstić information content (AvgIpc) is 2.79. The topological polar surface area (TPSA) is 123 Å². The summed E-state index contributed by atoms with van der Waals surface area (Å²) in [6.45, 7) is -0.289. The van der Waals surface area contributed by atoms with E-state index in [0.29, 0.717) is 5.75 Å². The van der Waals surface area contributed by atoms with Gasteiger partial charge in [0.2, 0.25) is 5.75 Å². The van der Waals surface area contributed by atoms with Crippen LogP contribution in [0.3, 0.4) is 0 Å². The van der Waals surface area contributed by atoms with Crippen molar-refractivity contribution >= 4 is 17.8 Å². The normalized spacial score (nSPS) is 10.6. The third kappa shape index (κ3) is 5.36. The molecule has 0 spiro atoms. The lowest BCUT2D eigenvalue weighted by molar-refractivity contribution is -0.386. The van der Waals surface area contributed by atoms with Gasteiger partial charge in [-0.1, -0.05) is 42.5 Å². The minimum atomic E-state index is -0.704. The zero-order valence-corrected chi connectivity index (χ0v) is 16.5. The average molecular weight is 421 g/mol. The van der Waals surface area contributed by atoms with Crippen molar-refractivity contribution in [2.45, 2.75) is 0 Å². The molecule has 0 aliphatic rings. The second-order valence-corrected chi connectivity index (χ2v) is 6.29. The minimum absolute atomic E-state index is 0.0531. The fourth-order valence-electron chi connectivity index (χ4n) is 2.80. The predicted molar refractivity (Wildman–Crippen MR) is 114 cm³/mol. The maximum Gasteiger partial charge on any atom is 0.323 e. The van der Waals surface area contributed by atoms with Gasteiger partial charge in [0.25, 0.3) is 5.91 Å². The number of carbonyl (C=O) groups is 1. The van der Waals surface area contributed by atoms with E-state index in [4.69, 9.17) is 9.47 Å². The summed E-state index contributed by atoms with van der Waals surface area (Å²) in [7, 11) is 1.20. The highest BCUT2D eigenvalue weighted by Crippen LogP contribution is 2.37. The molecule has 3 rings (SSSR count). The smallest absolute Gasteiger partial charge is 0.323 e. The molecule has 9 nitrogen and oxygen atoms in total. The van der Waals surface area contributed by atoms with Gasteiger partial charge in [-0.2, -0.15) is 5.10 Å². The Bertz CT molecular complexity index is 1100. The van der Waals surface area contributed by atoms with E-state index in [1.54, 1.807) is 12.1 Å². The molecule has 2 N–H and O–H groups in total. The SMILES string of the molecule is COc1c(O)ccc(/C=N/NC(=O)COc2ccc(-c3ccccc3)cc2)c1[N+](=O)[O-]. The van der Waals surface area contributed by atoms with Crippen LogP contribution < -0.4 is 14.9 Å². The molecule has 0 unspecified atom stereocenters. The van der Waals surface area contributed by atoms with E-state index in [1.165, 1.54) is 19.2 Å². The van der Waals surface area contributed by atoms with Gasteiger partial charge in [-0.15, -0.1) is 0 Å². The van der Waals surface area contributed by atoms with E-state index in [-0.39, 0.29) is 23.7 Å². The van der Waals surface area contributed by atoms with E-state index in [2.05, 4.69) is 10.5 Å². The molecule has 0 heterocycles. The highest BCUT2D eigenvalue weighted by Gasteiger charge is 2.23. The number of nitrogens with one attached hydrogen (secondary N) is 1. The monoisotopic (exact) mass is 421 g/mol. The first-order valence-electron chi connectivity index (χ1n) is 9.14. The molecule has 0 aliphatic carbocycles.